The number of carbonyl (C=O) groups is 2. The number of rotatable bonds is 6. The van der Waals surface area contributed by atoms with Crippen LogP contribution in [0.1, 0.15) is 44.7 Å². The van der Waals surface area contributed by atoms with Gasteiger partial charge in [0, 0.05) is 12.1 Å². The second-order valence-electron chi connectivity index (χ2n) is 11.3. The molecular weight excluding hydrogens is 474 g/mol. The minimum absolute atomic E-state index is 0.0199. The van der Waals surface area contributed by atoms with Gasteiger partial charge in [-0.25, -0.2) is 4.79 Å². The largest absolute Gasteiger partial charge is 0.458 e. The van der Waals surface area contributed by atoms with Gasteiger partial charge in [-0.2, -0.15) is 0 Å². The third-order valence-electron chi connectivity index (χ3n) is 7.69. The lowest BCUT2D eigenvalue weighted by atomic mass is 9.80. The van der Waals surface area contributed by atoms with Crippen LogP contribution in [0.3, 0.4) is 0 Å². The highest BCUT2D eigenvalue weighted by molar-refractivity contribution is 5.98. The zero-order valence-corrected chi connectivity index (χ0v) is 22.5. The van der Waals surface area contributed by atoms with Crippen molar-refractivity contribution in [1.82, 2.24) is 10.2 Å². The molecule has 6 nitrogen and oxygen atoms in total. The van der Waals surface area contributed by atoms with Crippen molar-refractivity contribution < 1.29 is 14.3 Å². The fourth-order valence-corrected chi connectivity index (χ4v) is 5.88. The fraction of sp³-hybridized carbons (Fsp3) is 0.375. The van der Waals surface area contributed by atoms with Crippen LogP contribution in [-0.2, 0) is 26.3 Å². The summed E-state index contributed by atoms with van der Waals surface area (Å²) in [5, 5.41) is 3.42. The number of hydrogen-bond donors (Lipinski definition) is 1. The number of carbonyl (C=O) groups excluding carboxylic acids is 2. The lowest BCUT2D eigenvalue weighted by Gasteiger charge is -2.42. The maximum atomic E-state index is 14.8. The third kappa shape index (κ3) is 4.69. The quantitative estimate of drug-likeness (QED) is 0.478. The number of benzene rings is 3. The number of esters is 1. The Morgan fingerprint density at radius 3 is 2.00 bits per heavy atom. The zero-order chi connectivity index (χ0) is 26.8. The number of amides is 1. The SMILES string of the molecule is CC(C)(C)OC(=O)C(Cc1ccccc1)(c1ccccc1)N1CN(c2ccccc2)C2(CCNCC2)C1=O. The Kier molecular flexibility index (Phi) is 7.01. The van der Waals surface area contributed by atoms with E-state index in [-0.39, 0.29) is 5.91 Å². The minimum Gasteiger partial charge on any atom is -0.458 e. The second-order valence-corrected chi connectivity index (χ2v) is 11.3. The van der Waals surface area contributed by atoms with Crippen molar-refractivity contribution in [2.24, 2.45) is 0 Å². The van der Waals surface area contributed by atoms with Crippen molar-refractivity contribution in [3.8, 4) is 0 Å². The summed E-state index contributed by atoms with van der Waals surface area (Å²) in [6, 6.07) is 29.7. The van der Waals surface area contributed by atoms with Crippen molar-refractivity contribution >= 4 is 17.6 Å². The van der Waals surface area contributed by atoms with Crippen molar-refractivity contribution in [1.29, 1.82) is 0 Å². The predicted octanol–water partition coefficient (Wildman–Crippen LogP) is 4.89. The number of nitrogens with one attached hydrogen (secondary N) is 1. The van der Waals surface area contributed by atoms with Crippen LogP contribution in [0, 0.1) is 0 Å². The Hall–Kier alpha value is -3.64. The number of ether oxygens (including phenoxy) is 1. The summed E-state index contributed by atoms with van der Waals surface area (Å²) in [5.74, 6) is -0.430. The van der Waals surface area contributed by atoms with E-state index in [4.69, 9.17) is 4.74 Å². The first-order valence-corrected chi connectivity index (χ1v) is 13.4. The van der Waals surface area contributed by atoms with Crippen LogP contribution >= 0.6 is 0 Å². The number of anilines is 1. The highest BCUT2D eigenvalue weighted by Gasteiger charge is 2.61. The maximum absolute atomic E-state index is 14.8. The number of hydrogen-bond acceptors (Lipinski definition) is 5. The van der Waals surface area contributed by atoms with Gasteiger partial charge >= 0.3 is 5.97 Å². The smallest absolute Gasteiger partial charge is 0.337 e. The lowest BCUT2D eigenvalue weighted by molar-refractivity contribution is -0.174. The topological polar surface area (TPSA) is 61.9 Å². The summed E-state index contributed by atoms with van der Waals surface area (Å²) in [6.45, 7) is 7.40. The van der Waals surface area contributed by atoms with E-state index >= 15 is 0 Å². The molecule has 2 aliphatic rings. The molecule has 0 saturated carbocycles. The molecule has 38 heavy (non-hydrogen) atoms. The average molecular weight is 512 g/mol. The van der Waals surface area contributed by atoms with Gasteiger partial charge in [-0.3, -0.25) is 4.79 Å². The van der Waals surface area contributed by atoms with E-state index in [1.165, 1.54) is 0 Å². The van der Waals surface area contributed by atoms with Crippen LogP contribution in [0.4, 0.5) is 5.69 Å². The number of piperidine rings is 1. The fourth-order valence-electron chi connectivity index (χ4n) is 5.88. The predicted molar refractivity (Wildman–Crippen MR) is 150 cm³/mol. The highest BCUT2D eigenvalue weighted by Crippen LogP contribution is 2.45. The molecular formula is C32H37N3O3. The molecule has 3 aromatic rings. The normalized spacial score (nSPS) is 18.9. The van der Waals surface area contributed by atoms with Gasteiger partial charge in [0.2, 0.25) is 0 Å². The van der Waals surface area contributed by atoms with Gasteiger partial charge in [0.05, 0.1) is 6.67 Å². The average Bonchev–Trinajstić information content (AvgIpc) is 3.19. The molecule has 2 saturated heterocycles. The molecule has 0 radical (unpaired) electrons. The number of para-hydroxylation sites is 1. The molecule has 2 heterocycles. The van der Waals surface area contributed by atoms with E-state index in [0.29, 0.717) is 25.9 Å². The molecule has 5 rings (SSSR count). The van der Waals surface area contributed by atoms with Crippen molar-refractivity contribution in [2.45, 2.75) is 56.7 Å². The first kappa shape index (κ1) is 26.0. The Balaban J connectivity index is 1.71. The van der Waals surface area contributed by atoms with E-state index in [9.17, 15) is 9.59 Å². The first-order valence-electron chi connectivity index (χ1n) is 13.4. The Bertz CT molecular complexity index is 1250. The van der Waals surface area contributed by atoms with Crippen molar-refractivity contribution in [3.63, 3.8) is 0 Å². The van der Waals surface area contributed by atoms with E-state index < -0.39 is 22.6 Å². The third-order valence-corrected chi connectivity index (χ3v) is 7.69. The summed E-state index contributed by atoms with van der Waals surface area (Å²) in [5.41, 5.74) is -0.0870. The lowest BCUT2D eigenvalue weighted by Crippen LogP contribution is -2.59. The van der Waals surface area contributed by atoms with Gasteiger partial charge in [-0.15, -0.1) is 0 Å². The van der Waals surface area contributed by atoms with Crippen molar-refractivity contribution in [2.75, 3.05) is 24.7 Å². The van der Waals surface area contributed by atoms with Gasteiger partial charge in [-0.05, 0) is 70.0 Å². The molecule has 6 heteroatoms. The highest BCUT2D eigenvalue weighted by atomic mass is 16.6. The molecule has 2 fully saturated rings. The molecule has 0 bridgehead atoms. The Labute approximate surface area is 225 Å². The van der Waals surface area contributed by atoms with Gasteiger partial charge < -0.3 is 19.9 Å². The summed E-state index contributed by atoms with van der Waals surface area (Å²) in [6.07, 6.45) is 1.65. The van der Waals surface area contributed by atoms with Gasteiger partial charge in [-0.1, -0.05) is 78.9 Å². The van der Waals surface area contributed by atoms with Crippen LogP contribution in [-0.4, -0.2) is 47.7 Å². The monoisotopic (exact) mass is 511 g/mol. The molecule has 1 unspecified atom stereocenters. The minimum atomic E-state index is -1.34. The summed E-state index contributed by atoms with van der Waals surface area (Å²) in [4.78, 5) is 33.3. The second kappa shape index (κ2) is 10.3. The Morgan fingerprint density at radius 1 is 0.868 bits per heavy atom. The molecule has 2 aliphatic heterocycles. The maximum Gasteiger partial charge on any atom is 0.337 e. The first-order chi connectivity index (χ1) is 18.3. The summed E-state index contributed by atoms with van der Waals surface area (Å²) in [7, 11) is 0. The Morgan fingerprint density at radius 2 is 1.42 bits per heavy atom. The summed E-state index contributed by atoms with van der Waals surface area (Å²) >= 11 is 0. The summed E-state index contributed by atoms with van der Waals surface area (Å²) < 4.78 is 6.14. The molecule has 1 N–H and O–H groups in total. The molecule has 3 aromatic carbocycles. The van der Waals surface area contributed by atoms with Crippen LogP contribution in [0.5, 0.6) is 0 Å². The van der Waals surface area contributed by atoms with E-state index in [2.05, 4.69) is 22.3 Å². The molecule has 1 amide bonds. The molecule has 1 spiro atoms. The van der Waals surface area contributed by atoms with Crippen LogP contribution in [0.25, 0.3) is 0 Å². The molecule has 1 atom stereocenters. The van der Waals surface area contributed by atoms with E-state index in [1.807, 2.05) is 105 Å². The van der Waals surface area contributed by atoms with E-state index in [0.717, 1.165) is 29.9 Å². The number of nitrogens with zero attached hydrogens (tertiary/aromatic N) is 2. The van der Waals surface area contributed by atoms with E-state index in [1.54, 1.807) is 0 Å². The molecule has 0 aromatic heterocycles. The molecule has 0 aliphatic carbocycles. The van der Waals surface area contributed by atoms with Crippen LogP contribution in [0.15, 0.2) is 91.0 Å². The molecule has 198 valence electrons. The van der Waals surface area contributed by atoms with Crippen LogP contribution < -0.4 is 10.2 Å². The van der Waals surface area contributed by atoms with Gasteiger partial charge in [0.15, 0.2) is 5.54 Å². The standard InChI is InChI=1S/C32H37N3O3/c1-30(2,3)38-29(37)32(26-15-9-5-10-16-26,23-25-13-7-4-8-14-25)35-24-34(27-17-11-6-12-18-27)31(28(35)36)19-21-33-22-20-31/h4-18,33H,19-24H2,1-3H3. The zero-order valence-electron chi connectivity index (χ0n) is 22.5. The van der Waals surface area contributed by atoms with Crippen molar-refractivity contribution in [3.05, 3.63) is 102 Å². The van der Waals surface area contributed by atoms with Gasteiger partial charge in [0.25, 0.3) is 5.91 Å². The van der Waals surface area contributed by atoms with Gasteiger partial charge in [0.1, 0.15) is 11.1 Å². The van der Waals surface area contributed by atoms with Crippen LogP contribution in [0.2, 0.25) is 0 Å².